The Morgan fingerprint density at radius 3 is 2.29 bits per heavy atom. The van der Waals surface area contributed by atoms with E-state index in [1.807, 2.05) is 12.1 Å². The molecular formula is C22H19N5O3S. The van der Waals surface area contributed by atoms with Gasteiger partial charge in [-0.2, -0.15) is 0 Å². The van der Waals surface area contributed by atoms with E-state index >= 15 is 0 Å². The summed E-state index contributed by atoms with van der Waals surface area (Å²) in [5.41, 5.74) is 2.10. The van der Waals surface area contributed by atoms with E-state index in [-0.39, 0.29) is 10.8 Å². The van der Waals surface area contributed by atoms with Crippen LogP contribution in [0.1, 0.15) is 10.4 Å². The van der Waals surface area contributed by atoms with Crippen LogP contribution in [-0.2, 0) is 10.0 Å². The molecule has 0 radical (unpaired) electrons. The zero-order valence-corrected chi connectivity index (χ0v) is 17.4. The number of carbonyl (C=O) groups excluding carboxylic acids is 1. The molecule has 0 unspecified atom stereocenters. The molecule has 4 rings (SSSR count). The second-order valence-corrected chi connectivity index (χ2v) is 8.62. The number of carbonyl (C=O) groups is 1. The highest BCUT2D eigenvalue weighted by atomic mass is 32.2. The van der Waals surface area contributed by atoms with Crippen molar-refractivity contribution in [3.05, 3.63) is 96.8 Å². The number of sulfonamides is 1. The molecule has 0 atom stereocenters. The maximum atomic E-state index is 12.9. The fourth-order valence-electron chi connectivity index (χ4n) is 3.02. The molecule has 9 heteroatoms. The molecule has 0 aliphatic rings. The first-order valence-corrected chi connectivity index (χ1v) is 10.8. The first-order valence-electron chi connectivity index (χ1n) is 9.38. The number of nitrogens with zero attached hydrogens (tertiary/aromatic N) is 4. The number of hydrogen-bond acceptors (Lipinski definition) is 5. The van der Waals surface area contributed by atoms with Crippen molar-refractivity contribution in [1.82, 2.24) is 15.0 Å². The Labute approximate surface area is 179 Å². The molecule has 0 saturated heterocycles. The molecule has 31 heavy (non-hydrogen) atoms. The smallest absolute Gasteiger partial charge is 0.264 e. The Morgan fingerprint density at radius 1 is 0.935 bits per heavy atom. The molecule has 0 aliphatic carbocycles. The van der Waals surface area contributed by atoms with Gasteiger partial charge in [0.05, 0.1) is 34.4 Å². The molecule has 0 saturated carbocycles. The van der Waals surface area contributed by atoms with E-state index in [1.165, 1.54) is 35.6 Å². The van der Waals surface area contributed by atoms with Gasteiger partial charge in [-0.1, -0.05) is 35.5 Å². The Hall–Kier alpha value is -3.98. The molecule has 0 fully saturated rings. The molecule has 0 aliphatic heterocycles. The summed E-state index contributed by atoms with van der Waals surface area (Å²) in [6.45, 7) is 0. The second kappa shape index (κ2) is 8.41. The number of amides is 1. The Bertz CT molecular complexity index is 1290. The number of anilines is 2. The summed E-state index contributed by atoms with van der Waals surface area (Å²) >= 11 is 0. The number of benzene rings is 3. The van der Waals surface area contributed by atoms with Gasteiger partial charge in [-0.3, -0.25) is 9.10 Å². The van der Waals surface area contributed by atoms with Crippen molar-refractivity contribution in [3.63, 3.8) is 0 Å². The first-order chi connectivity index (χ1) is 15.0. The molecule has 8 nitrogen and oxygen atoms in total. The van der Waals surface area contributed by atoms with Crippen LogP contribution in [0, 0.1) is 0 Å². The SMILES string of the molecule is CN(c1ccccc1)S(=O)(=O)c1ccc(C(=O)Nc2ccccc2-n2ccnn2)cc1. The van der Waals surface area contributed by atoms with Crippen molar-refractivity contribution in [2.24, 2.45) is 0 Å². The fraction of sp³-hybridized carbons (Fsp3) is 0.0455. The van der Waals surface area contributed by atoms with Gasteiger partial charge in [0, 0.05) is 12.6 Å². The van der Waals surface area contributed by atoms with E-state index in [4.69, 9.17) is 0 Å². The lowest BCUT2D eigenvalue weighted by Crippen LogP contribution is -2.26. The van der Waals surface area contributed by atoms with Crippen molar-refractivity contribution >= 4 is 27.3 Å². The number of hydrogen-bond donors (Lipinski definition) is 1. The quantitative estimate of drug-likeness (QED) is 0.503. The van der Waals surface area contributed by atoms with Crippen molar-refractivity contribution in [1.29, 1.82) is 0 Å². The summed E-state index contributed by atoms with van der Waals surface area (Å²) in [4.78, 5) is 12.8. The van der Waals surface area contributed by atoms with Gasteiger partial charge in [0.15, 0.2) is 0 Å². The minimum Gasteiger partial charge on any atom is -0.320 e. The zero-order valence-electron chi connectivity index (χ0n) is 16.6. The van der Waals surface area contributed by atoms with Crippen molar-refractivity contribution in [3.8, 4) is 5.69 Å². The predicted octanol–water partition coefficient (Wildman–Crippen LogP) is 3.34. The third-order valence-electron chi connectivity index (χ3n) is 4.72. The van der Waals surface area contributed by atoms with Gasteiger partial charge >= 0.3 is 0 Å². The van der Waals surface area contributed by atoms with E-state index in [2.05, 4.69) is 15.6 Å². The predicted molar refractivity (Wildman–Crippen MR) is 118 cm³/mol. The topological polar surface area (TPSA) is 97.2 Å². The highest BCUT2D eigenvalue weighted by molar-refractivity contribution is 7.92. The normalized spacial score (nSPS) is 11.1. The largest absolute Gasteiger partial charge is 0.320 e. The van der Waals surface area contributed by atoms with E-state index < -0.39 is 10.0 Å². The zero-order chi connectivity index (χ0) is 21.8. The van der Waals surface area contributed by atoms with E-state index in [0.717, 1.165) is 0 Å². The lowest BCUT2D eigenvalue weighted by molar-refractivity contribution is 0.102. The second-order valence-electron chi connectivity index (χ2n) is 6.65. The molecule has 0 spiro atoms. The first kappa shape index (κ1) is 20.3. The molecule has 1 heterocycles. The van der Waals surface area contributed by atoms with Crippen LogP contribution in [0.3, 0.4) is 0 Å². The molecular weight excluding hydrogens is 414 g/mol. The van der Waals surface area contributed by atoms with Gasteiger partial charge in [0.2, 0.25) is 0 Å². The van der Waals surface area contributed by atoms with Crippen molar-refractivity contribution in [2.45, 2.75) is 4.90 Å². The van der Waals surface area contributed by atoms with E-state index in [0.29, 0.717) is 22.6 Å². The van der Waals surface area contributed by atoms with Gasteiger partial charge in [0.1, 0.15) is 0 Å². The monoisotopic (exact) mass is 433 g/mol. The highest BCUT2D eigenvalue weighted by Crippen LogP contribution is 2.23. The maximum Gasteiger partial charge on any atom is 0.264 e. The minimum absolute atomic E-state index is 0.0958. The number of nitrogens with one attached hydrogen (secondary N) is 1. The molecule has 156 valence electrons. The standard InChI is InChI=1S/C22H19N5O3S/c1-26(18-7-3-2-4-8-18)31(29,30)19-13-11-17(12-14-19)22(28)24-20-9-5-6-10-21(20)27-16-15-23-25-27/h2-16H,1H3,(H,24,28). The van der Waals surface area contributed by atoms with Crippen LogP contribution < -0.4 is 9.62 Å². The fourth-order valence-corrected chi connectivity index (χ4v) is 4.22. The van der Waals surface area contributed by atoms with E-state index in [1.54, 1.807) is 59.5 Å². The average molecular weight is 433 g/mol. The third kappa shape index (κ3) is 4.17. The molecule has 1 N–H and O–H groups in total. The molecule has 1 amide bonds. The summed E-state index contributed by atoms with van der Waals surface area (Å²) in [6, 6.07) is 21.8. The number of para-hydroxylation sites is 3. The van der Waals surface area contributed by atoms with Crippen LogP contribution >= 0.6 is 0 Å². The Morgan fingerprint density at radius 2 is 1.61 bits per heavy atom. The van der Waals surface area contributed by atoms with Crippen LogP contribution in [0.4, 0.5) is 11.4 Å². The van der Waals surface area contributed by atoms with Gasteiger partial charge in [-0.05, 0) is 48.5 Å². The average Bonchev–Trinajstić information content (AvgIpc) is 3.34. The highest BCUT2D eigenvalue weighted by Gasteiger charge is 2.21. The molecule has 3 aromatic carbocycles. The van der Waals surface area contributed by atoms with Gasteiger partial charge in [-0.15, -0.1) is 5.10 Å². The van der Waals surface area contributed by atoms with Gasteiger partial charge in [0.25, 0.3) is 15.9 Å². The summed E-state index contributed by atoms with van der Waals surface area (Å²) < 4.78 is 28.5. The Kier molecular flexibility index (Phi) is 5.50. The maximum absolute atomic E-state index is 12.9. The van der Waals surface area contributed by atoms with Crippen LogP contribution in [0.5, 0.6) is 0 Å². The third-order valence-corrected chi connectivity index (χ3v) is 6.52. The lowest BCUT2D eigenvalue weighted by atomic mass is 10.2. The minimum atomic E-state index is -3.75. The molecule has 0 bridgehead atoms. The number of rotatable bonds is 6. The van der Waals surface area contributed by atoms with Gasteiger partial charge < -0.3 is 5.32 Å². The summed E-state index contributed by atoms with van der Waals surface area (Å²) in [6.07, 6.45) is 3.22. The summed E-state index contributed by atoms with van der Waals surface area (Å²) in [5, 5.41) is 10.6. The van der Waals surface area contributed by atoms with Gasteiger partial charge in [-0.25, -0.2) is 13.1 Å². The van der Waals surface area contributed by atoms with Crippen molar-refractivity contribution in [2.75, 3.05) is 16.7 Å². The van der Waals surface area contributed by atoms with Crippen LogP contribution in [0.2, 0.25) is 0 Å². The Balaban J connectivity index is 1.55. The van der Waals surface area contributed by atoms with Crippen LogP contribution in [0.25, 0.3) is 5.69 Å². The molecule has 4 aromatic rings. The summed E-state index contributed by atoms with van der Waals surface area (Å²) in [5.74, 6) is -0.368. The number of aromatic nitrogens is 3. The van der Waals surface area contributed by atoms with E-state index in [9.17, 15) is 13.2 Å². The molecule has 1 aromatic heterocycles. The van der Waals surface area contributed by atoms with Crippen LogP contribution in [0.15, 0.2) is 96.2 Å². The van der Waals surface area contributed by atoms with Crippen LogP contribution in [-0.4, -0.2) is 36.4 Å². The lowest BCUT2D eigenvalue weighted by Gasteiger charge is -2.19. The van der Waals surface area contributed by atoms with Crippen molar-refractivity contribution < 1.29 is 13.2 Å². The summed E-state index contributed by atoms with van der Waals surface area (Å²) in [7, 11) is -2.25.